The molecule has 0 spiro atoms. The fraction of sp³-hybridized carbons (Fsp3) is 0.333. The SMILES string of the molecule is CC(C)(C)c1[nH]c(CSc2ccc(Cl)cc2)nc(=S)c1Br. The molecule has 0 bridgehead atoms. The molecule has 0 saturated carbocycles. The molecular weight excluding hydrogens is 388 g/mol. The first-order chi connectivity index (χ1) is 9.77. The fourth-order valence-corrected chi connectivity index (χ4v) is 3.66. The van der Waals surface area contributed by atoms with Crippen LogP contribution in [0, 0.1) is 4.64 Å². The van der Waals surface area contributed by atoms with Crippen LogP contribution in [0.2, 0.25) is 5.02 Å². The van der Waals surface area contributed by atoms with Gasteiger partial charge in [0.25, 0.3) is 0 Å². The van der Waals surface area contributed by atoms with E-state index in [4.69, 9.17) is 23.8 Å². The van der Waals surface area contributed by atoms with Crippen molar-refractivity contribution in [2.45, 2.75) is 36.8 Å². The second-order valence-electron chi connectivity index (χ2n) is 5.67. The van der Waals surface area contributed by atoms with Crippen LogP contribution in [-0.4, -0.2) is 9.97 Å². The van der Waals surface area contributed by atoms with E-state index < -0.39 is 0 Å². The first kappa shape index (κ1) is 17.0. The van der Waals surface area contributed by atoms with Crippen LogP contribution in [0.25, 0.3) is 0 Å². The Morgan fingerprint density at radius 2 is 1.90 bits per heavy atom. The van der Waals surface area contributed by atoms with Crippen LogP contribution in [0.15, 0.2) is 33.6 Å². The number of nitrogens with one attached hydrogen (secondary N) is 1. The molecule has 0 aliphatic heterocycles. The largest absolute Gasteiger partial charge is 0.345 e. The van der Waals surface area contributed by atoms with Crippen LogP contribution >= 0.6 is 51.5 Å². The molecule has 0 radical (unpaired) electrons. The number of halogens is 2. The summed E-state index contributed by atoms with van der Waals surface area (Å²) < 4.78 is 1.48. The number of thioether (sulfide) groups is 1. The summed E-state index contributed by atoms with van der Waals surface area (Å²) in [7, 11) is 0. The minimum absolute atomic E-state index is 0.0188. The molecule has 0 atom stereocenters. The van der Waals surface area contributed by atoms with E-state index in [-0.39, 0.29) is 5.41 Å². The van der Waals surface area contributed by atoms with Crippen LogP contribution in [0.4, 0.5) is 0 Å². The average molecular weight is 404 g/mol. The Kier molecular flexibility index (Phi) is 5.52. The first-order valence-corrected chi connectivity index (χ1v) is 9.01. The zero-order chi connectivity index (χ0) is 15.6. The predicted octanol–water partition coefficient (Wildman–Crippen LogP) is 6.14. The summed E-state index contributed by atoms with van der Waals surface area (Å²) in [5.41, 5.74) is 1.06. The standard InChI is InChI=1S/C15H16BrClN2S2/c1-15(2,3)13-12(16)14(20)19-11(18-13)8-21-10-6-4-9(17)5-7-10/h4-7H,8H2,1-3H3,(H,18,19,20). The van der Waals surface area contributed by atoms with Crippen LogP contribution in [0.1, 0.15) is 32.3 Å². The number of aromatic nitrogens is 2. The van der Waals surface area contributed by atoms with Crippen LogP contribution in [0.3, 0.4) is 0 Å². The molecule has 2 nitrogen and oxygen atoms in total. The van der Waals surface area contributed by atoms with E-state index in [0.29, 0.717) is 4.64 Å². The zero-order valence-corrected chi connectivity index (χ0v) is 16.0. The molecule has 0 amide bonds. The van der Waals surface area contributed by atoms with Crippen molar-refractivity contribution in [3.05, 3.63) is 49.9 Å². The van der Waals surface area contributed by atoms with Crippen molar-refractivity contribution in [3.63, 3.8) is 0 Å². The highest BCUT2D eigenvalue weighted by molar-refractivity contribution is 9.10. The normalized spacial score (nSPS) is 11.7. The summed E-state index contributed by atoms with van der Waals surface area (Å²) in [6.45, 7) is 6.44. The zero-order valence-electron chi connectivity index (χ0n) is 12.0. The number of nitrogens with zero attached hydrogens (tertiary/aromatic N) is 1. The highest BCUT2D eigenvalue weighted by atomic mass is 79.9. The Hall–Kier alpha value is -0.360. The van der Waals surface area contributed by atoms with Crippen molar-refractivity contribution in [1.82, 2.24) is 9.97 Å². The Morgan fingerprint density at radius 1 is 1.29 bits per heavy atom. The van der Waals surface area contributed by atoms with Gasteiger partial charge in [-0.2, -0.15) is 0 Å². The number of rotatable bonds is 3. The molecule has 1 aromatic carbocycles. The third-order valence-electron chi connectivity index (χ3n) is 2.85. The Balaban J connectivity index is 2.23. The summed E-state index contributed by atoms with van der Waals surface area (Å²) in [5.74, 6) is 1.62. The van der Waals surface area contributed by atoms with Gasteiger partial charge in [0.15, 0.2) is 0 Å². The molecule has 0 aliphatic rings. The van der Waals surface area contributed by atoms with Crippen molar-refractivity contribution < 1.29 is 0 Å². The van der Waals surface area contributed by atoms with Crippen LogP contribution in [-0.2, 0) is 11.2 Å². The van der Waals surface area contributed by atoms with E-state index in [2.05, 4.69) is 46.7 Å². The van der Waals surface area contributed by atoms with Gasteiger partial charge in [0.05, 0.1) is 10.2 Å². The van der Waals surface area contributed by atoms with Crippen molar-refractivity contribution >= 4 is 51.5 Å². The van der Waals surface area contributed by atoms with Gasteiger partial charge in [-0.1, -0.05) is 44.6 Å². The lowest BCUT2D eigenvalue weighted by Crippen LogP contribution is -2.16. The minimum atomic E-state index is -0.0188. The van der Waals surface area contributed by atoms with Gasteiger partial charge >= 0.3 is 0 Å². The first-order valence-electron chi connectivity index (χ1n) is 6.45. The summed E-state index contributed by atoms with van der Waals surface area (Å²) in [4.78, 5) is 9.00. The highest BCUT2D eigenvalue weighted by Gasteiger charge is 2.20. The van der Waals surface area contributed by atoms with E-state index in [1.165, 1.54) is 0 Å². The van der Waals surface area contributed by atoms with E-state index >= 15 is 0 Å². The van der Waals surface area contributed by atoms with Gasteiger partial charge in [-0.3, -0.25) is 0 Å². The highest BCUT2D eigenvalue weighted by Crippen LogP contribution is 2.30. The lowest BCUT2D eigenvalue weighted by molar-refractivity contribution is 0.559. The van der Waals surface area contributed by atoms with Gasteiger partial charge < -0.3 is 4.98 Å². The Labute approximate surface area is 147 Å². The molecule has 0 unspecified atom stereocenters. The van der Waals surface area contributed by atoms with E-state index in [9.17, 15) is 0 Å². The summed E-state index contributed by atoms with van der Waals surface area (Å²) in [5, 5.41) is 0.746. The van der Waals surface area contributed by atoms with Crippen LogP contribution < -0.4 is 0 Å². The summed E-state index contributed by atoms with van der Waals surface area (Å²) in [6, 6.07) is 7.79. The molecule has 2 aromatic rings. The second-order valence-corrected chi connectivity index (χ2v) is 8.34. The number of benzene rings is 1. The molecule has 0 aliphatic carbocycles. The maximum Gasteiger partial charge on any atom is 0.144 e. The molecule has 1 N–H and O–H groups in total. The topological polar surface area (TPSA) is 28.7 Å². The van der Waals surface area contributed by atoms with Crippen molar-refractivity contribution in [2.24, 2.45) is 0 Å². The quantitative estimate of drug-likeness (QED) is 0.492. The monoisotopic (exact) mass is 402 g/mol. The van der Waals surface area contributed by atoms with Crippen molar-refractivity contribution in [1.29, 1.82) is 0 Å². The lowest BCUT2D eigenvalue weighted by atomic mass is 9.92. The average Bonchev–Trinajstić information content (AvgIpc) is 2.40. The Morgan fingerprint density at radius 3 is 2.48 bits per heavy atom. The molecule has 0 fully saturated rings. The molecule has 1 aromatic heterocycles. The van der Waals surface area contributed by atoms with Crippen molar-refractivity contribution in [3.8, 4) is 0 Å². The van der Waals surface area contributed by atoms with Gasteiger partial charge in [0, 0.05) is 21.0 Å². The van der Waals surface area contributed by atoms with Gasteiger partial charge in [-0.05, 0) is 40.2 Å². The predicted molar refractivity (Wildman–Crippen MR) is 96.8 cm³/mol. The molecular formula is C15H16BrClN2S2. The third kappa shape index (κ3) is 4.55. The number of aromatic amines is 1. The van der Waals surface area contributed by atoms with E-state index in [0.717, 1.165) is 31.7 Å². The number of H-pyrrole nitrogens is 1. The fourth-order valence-electron chi connectivity index (χ4n) is 1.77. The maximum absolute atomic E-state index is 5.89. The molecule has 1 heterocycles. The number of hydrogen-bond donors (Lipinski definition) is 1. The van der Waals surface area contributed by atoms with Gasteiger partial charge in [-0.15, -0.1) is 11.8 Å². The lowest BCUT2D eigenvalue weighted by Gasteiger charge is -2.21. The van der Waals surface area contributed by atoms with Gasteiger partial charge in [0.2, 0.25) is 0 Å². The minimum Gasteiger partial charge on any atom is -0.345 e. The van der Waals surface area contributed by atoms with E-state index in [1.54, 1.807) is 11.8 Å². The van der Waals surface area contributed by atoms with Crippen molar-refractivity contribution in [2.75, 3.05) is 0 Å². The Bertz CT molecular complexity index is 690. The molecule has 112 valence electrons. The van der Waals surface area contributed by atoms with E-state index in [1.807, 2.05) is 24.3 Å². The molecule has 2 rings (SSSR count). The smallest absolute Gasteiger partial charge is 0.144 e. The molecule has 0 saturated heterocycles. The van der Waals surface area contributed by atoms with Crippen LogP contribution in [0.5, 0.6) is 0 Å². The van der Waals surface area contributed by atoms with Gasteiger partial charge in [-0.25, -0.2) is 4.98 Å². The maximum atomic E-state index is 5.89. The van der Waals surface area contributed by atoms with Gasteiger partial charge in [0.1, 0.15) is 10.5 Å². The second kappa shape index (κ2) is 6.82. The molecule has 6 heteroatoms. The summed E-state index contributed by atoms with van der Waals surface area (Å²) >= 11 is 16.5. The molecule has 21 heavy (non-hydrogen) atoms. The third-order valence-corrected chi connectivity index (χ3v) is 5.46. The summed E-state index contributed by atoms with van der Waals surface area (Å²) in [6.07, 6.45) is 0. The number of hydrogen-bond acceptors (Lipinski definition) is 3.